The molecule has 0 aliphatic rings. The number of hydrogen-bond acceptors (Lipinski definition) is 1. The highest BCUT2D eigenvalue weighted by atomic mass is 31.1. The Balaban J connectivity index is 1.82. The van der Waals surface area contributed by atoms with Crippen LogP contribution in [0, 0.1) is 0 Å². The molecule has 0 heterocycles. The minimum atomic E-state index is -0.329. The number of hydrogen-bond donors (Lipinski definition) is 0. The van der Waals surface area contributed by atoms with Crippen LogP contribution in [-0.4, -0.2) is 13.3 Å². The number of rotatable bonds is 6. The van der Waals surface area contributed by atoms with Gasteiger partial charge in [0.2, 0.25) is 0 Å². The Hall–Kier alpha value is -2.11. The summed E-state index contributed by atoms with van der Waals surface area (Å²) >= 11 is 0. The van der Waals surface area contributed by atoms with Gasteiger partial charge in [-0.3, -0.25) is 0 Å². The van der Waals surface area contributed by atoms with Crippen LogP contribution < -0.4 is 15.3 Å². The molecule has 1 nitrogen and oxygen atoms in total. The number of ether oxygens (including phenoxy) is 1. The molecule has 0 aliphatic heterocycles. The molecule has 0 amide bonds. The summed E-state index contributed by atoms with van der Waals surface area (Å²) in [6.45, 7) is 0. The van der Waals surface area contributed by atoms with Crippen molar-refractivity contribution < 1.29 is 4.74 Å². The van der Waals surface area contributed by atoms with Crippen molar-refractivity contribution in [1.82, 2.24) is 0 Å². The van der Waals surface area contributed by atoms with Gasteiger partial charge in [0, 0.05) is 0 Å². The largest absolute Gasteiger partial charge is 0.497 e. The van der Waals surface area contributed by atoms with E-state index in [1.165, 1.54) is 16.2 Å². The van der Waals surface area contributed by atoms with Gasteiger partial charge in [-0.2, -0.15) is 0 Å². The van der Waals surface area contributed by atoms with E-state index in [9.17, 15) is 0 Å². The molecule has 0 saturated carbocycles. The molecule has 3 aromatic carbocycles. The molecule has 0 fully saturated rings. The Morgan fingerprint density at radius 2 is 1.35 bits per heavy atom. The summed E-state index contributed by atoms with van der Waals surface area (Å²) < 4.78 is 5.34. The van der Waals surface area contributed by atoms with Crippen LogP contribution in [0.5, 0.6) is 5.75 Å². The quantitative estimate of drug-likeness (QED) is 0.613. The molecule has 0 aromatic heterocycles. The van der Waals surface area contributed by atoms with Crippen molar-refractivity contribution in [1.29, 1.82) is 0 Å². The molecule has 0 aliphatic carbocycles. The van der Waals surface area contributed by atoms with Gasteiger partial charge >= 0.3 is 0 Å². The molecular formula is C21H21OP. The highest BCUT2D eigenvalue weighted by Gasteiger charge is 2.13. The molecule has 0 atom stereocenters. The lowest BCUT2D eigenvalue weighted by Gasteiger charge is -2.19. The van der Waals surface area contributed by atoms with E-state index < -0.39 is 0 Å². The van der Waals surface area contributed by atoms with Gasteiger partial charge in [0.25, 0.3) is 0 Å². The fourth-order valence-corrected chi connectivity index (χ4v) is 5.05. The van der Waals surface area contributed by atoms with Crippen LogP contribution in [0.2, 0.25) is 0 Å². The van der Waals surface area contributed by atoms with Crippen LogP contribution in [0.25, 0.3) is 0 Å². The molecule has 0 spiro atoms. The third-order valence-corrected chi connectivity index (χ3v) is 6.41. The highest BCUT2D eigenvalue weighted by Crippen LogP contribution is 2.34. The summed E-state index contributed by atoms with van der Waals surface area (Å²) in [5, 5.41) is 2.88. The predicted molar refractivity (Wildman–Crippen MR) is 101 cm³/mol. The maximum Gasteiger partial charge on any atom is 0.119 e. The summed E-state index contributed by atoms with van der Waals surface area (Å²) in [6.07, 6.45) is 2.21. The molecule has 116 valence electrons. The van der Waals surface area contributed by atoms with Gasteiger partial charge < -0.3 is 4.74 Å². The zero-order valence-electron chi connectivity index (χ0n) is 13.4. The molecule has 3 aromatic rings. The SMILES string of the molecule is COc1cccc(CCP(c2ccccc2)c2ccccc2)c1. The van der Waals surface area contributed by atoms with Gasteiger partial charge in [0.1, 0.15) is 5.75 Å². The predicted octanol–water partition coefficient (Wildman–Crippen LogP) is 4.37. The summed E-state index contributed by atoms with van der Waals surface area (Å²) in [7, 11) is 1.39. The second-order valence-corrected chi connectivity index (χ2v) is 7.76. The van der Waals surface area contributed by atoms with Crippen LogP contribution >= 0.6 is 7.92 Å². The first-order valence-corrected chi connectivity index (χ1v) is 9.40. The van der Waals surface area contributed by atoms with Gasteiger partial charge in [0.15, 0.2) is 0 Å². The van der Waals surface area contributed by atoms with Gasteiger partial charge in [-0.15, -0.1) is 0 Å². The fraction of sp³-hybridized carbons (Fsp3) is 0.143. The Bertz CT molecular complexity index is 686. The Kier molecular flexibility index (Phi) is 5.45. The zero-order chi connectivity index (χ0) is 15.9. The van der Waals surface area contributed by atoms with Crippen molar-refractivity contribution in [3.05, 3.63) is 90.5 Å². The molecule has 2 heteroatoms. The van der Waals surface area contributed by atoms with Crippen molar-refractivity contribution in [3.8, 4) is 5.75 Å². The van der Waals surface area contributed by atoms with Crippen molar-refractivity contribution in [3.63, 3.8) is 0 Å². The summed E-state index contributed by atoms with van der Waals surface area (Å²) in [5.41, 5.74) is 1.34. The topological polar surface area (TPSA) is 9.23 Å². The molecule has 23 heavy (non-hydrogen) atoms. The molecule has 3 rings (SSSR count). The van der Waals surface area contributed by atoms with E-state index in [0.717, 1.165) is 18.3 Å². The first kappa shape index (κ1) is 15.8. The third-order valence-electron chi connectivity index (χ3n) is 3.89. The lowest BCUT2D eigenvalue weighted by atomic mass is 10.2. The molecule has 0 radical (unpaired) electrons. The molecule has 0 saturated heterocycles. The molecular weight excluding hydrogens is 299 g/mol. The van der Waals surface area contributed by atoms with Gasteiger partial charge in [0.05, 0.1) is 7.11 Å². The van der Waals surface area contributed by atoms with Crippen molar-refractivity contribution in [2.75, 3.05) is 13.3 Å². The number of aryl methyl sites for hydroxylation is 1. The van der Waals surface area contributed by atoms with E-state index >= 15 is 0 Å². The smallest absolute Gasteiger partial charge is 0.119 e. The monoisotopic (exact) mass is 320 g/mol. The summed E-state index contributed by atoms with van der Waals surface area (Å²) in [5.74, 6) is 0.936. The van der Waals surface area contributed by atoms with Crippen LogP contribution in [0.15, 0.2) is 84.9 Å². The van der Waals surface area contributed by atoms with Gasteiger partial charge in [-0.05, 0) is 48.8 Å². The van der Waals surface area contributed by atoms with Gasteiger partial charge in [-0.1, -0.05) is 72.8 Å². The van der Waals surface area contributed by atoms with E-state index in [2.05, 4.69) is 78.9 Å². The van der Waals surface area contributed by atoms with Crippen molar-refractivity contribution >= 4 is 18.5 Å². The minimum absolute atomic E-state index is 0.329. The Morgan fingerprint density at radius 1 is 0.739 bits per heavy atom. The van der Waals surface area contributed by atoms with E-state index in [-0.39, 0.29) is 7.92 Å². The van der Waals surface area contributed by atoms with Crippen LogP contribution in [0.4, 0.5) is 0 Å². The first-order chi connectivity index (χ1) is 11.4. The fourth-order valence-electron chi connectivity index (χ4n) is 2.69. The number of methoxy groups -OCH3 is 1. The molecule has 0 N–H and O–H groups in total. The zero-order valence-corrected chi connectivity index (χ0v) is 14.2. The minimum Gasteiger partial charge on any atom is -0.497 e. The maximum atomic E-state index is 5.34. The lowest BCUT2D eigenvalue weighted by Crippen LogP contribution is -2.14. The third kappa shape index (κ3) is 4.21. The maximum absolute atomic E-state index is 5.34. The first-order valence-electron chi connectivity index (χ1n) is 7.87. The van der Waals surface area contributed by atoms with E-state index in [1.54, 1.807) is 7.11 Å². The average Bonchev–Trinajstić information content (AvgIpc) is 2.64. The standard InChI is InChI=1S/C21H21OP/c1-22-19-10-8-9-18(17-19)15-16-23(20-11-4-2-5-12-20)21-13-6-3-7-14-21/h2-14,17H,15-16H2,1H3. The Morgan fingerprint density at radius 3 is 1.91 bits per heavy atom. The van der Waals surface area contributed by atoms with Crippen molar-refractivity contribution in [2.45, 2.75) is 6.42 Å². The van der Waals surface area contributed by atoms with Crippen LogP contribution in [-0.2, 0) is 6.42 Å². The Labute approximate surface area is 139 Å². The van der Waals surface area contributed by atoms with E-state index in [0.29, 0.717) is 0 Å². The summed E-state index contributed by atoms with van der Waals surface area (Å²) in [6, 6.07) is 30.1. The van der Waals surface area contributed by atoms with Crippen LogP contribution in [0.1, 0.15) is 5.56 Å². The lowest BCUT2D eigenvalue weighted by molar-refractivity contribution is 0.414. The second-order valence-electron chi connectivity index (χ2n) is 5.42. The van der Waals surface area contributed by atoms with Gasteiger partial charge in [-0.25, -0.2) is 0 Å². The number of benzene rings is 3. The molecule has 0 bridgehead atoms. The average molecular weight is 320 g/mol. The van der Waals surface area contributed by atoms with E-state index in [1.807, 2.05) is 6.07 Å². The van der Waals surface area contributed by atoms with Crippen molar-refractivity contribution in [2.24, 2.45) is 0 Å². The summed E-state index contributed by atoms with van der Waals surface area (Å²) in [4.78, 5) is 0. The highest BCUT2D eigenvalue weighted by molar-refractivity contribution is 7.73. The normalized spacial score (nSPS) is 10.7. The molecule has 0 unspecified atom stereocenters. The van der Waals surface area contributed by atoms with E-state index in [4.69, 9.17) is 4.74 Å². The second kappa shape index (κ2) is 7.94. The van der Waals surface area contributed by atoms with Crippen LogP contribution in [0.3, 0.4) is 0 Å².